The van der Waals surface area contributed by atoms with E-state index in [4.69, 9.17) is 0 Å². The van der Waals surface area contributed by atoms with Gasteiger partial charge < -0.3 is 9.80 Å². The topological polar surface area (TPSA) is 6.48 Å². The van der Waals surface area contributed by atoms with Gasteiger partial charge in [-0.2, -0.15) is 0 Å². The van der Waals surface area contributed by atoms with Crippen LogP contribution in [0.1, 0.15) is 5.56 Å². The smallest absolute Gasteiger partial charge is 0.148 e. The lowest BCUT2D eigenvalue weighted by Crippen LogP contribution is -2.14. The molecule has 0 radical (unpaired) electrons. The highest BCUT2D eigenvalue weighted by Crippen LogP contribution is 2.54. The molecule has 0 atom stereocenters. The molecule has 92 heavy (non-hydrogen) atoms. The Hall–Kier alpha value is -11.9. The molecule has 16 aromatic carbocycles. The molecule has 434 valence electrons. The summed E-state index contributed by atoms with van der Waals surface area (Å²) in [4.78, 5) is 4.66. The van der Waals surface area contributed by atoms with Gasteiger partial charge in [-0.1, -0.05) is 291 Å². The van der Waals surface area contributed by atoms with Crippen molar-refractivity contribution in [2.24, 2.45) is 0 Å². The van der Waals surface area contributed by atoms with Gasteiger partial charge in [-0.15, -0.1) is 0 Å². The first kappa shape index (κ1) is 55.4. The van der Waals surface area contributed by atoms with E-state index >= 15 is 4.39 Å². The molecule has 16 aromatic rings. The summed E-state index contributed by atoms with van der Waals surface area (Å²) in [6, 6.07) is 125. The maximum absolute atomic E-state index is 18.9. The van der Waals surface area contributed by atoms with E-state index < -0.39 is 0 Å². The van der Waals surface area contributed by atoms with Crippen LogP contribution >= 0.6 is 0 Å². The molecule has 0 saturated heterocycles. The van der Waals surface area contributed by atoms with Crippen molar-refractivity contribution < 1.29 is 4.39 Å². The molecule has 16 rings (SSSR count). The summed E-state index contributed by atoms with van der Waals surface area (Å²) in [5.74, 6) is -0.340. The third kappa shape index (κ3) is 9.94. The molecule has 0 aromatic heterocycles. The lowest BCUT2D eigenvalue weighted by atomic mass is 9.87. The van der Waals surface area contributed by atoms with Crippen LogP contribution in [0.15, 0.2) is 352 Å². The van der Waals surface area contributed by atoms with Crippen molar-refractivity contribution in [3.8, 4) is 89.0 Å². The molecule has 0 N–H and O–H groups in total. The number of hydrogen-bond donors (Lipinski definition) is 0. The lowest BCUT2D eigenvalue weighted by Gasteiger charge is -2.32. The number of hydrogen-bond acceptors (Lipinski definition) is 2. The maximum Gasteiger partial charge on any atom is 0.148 e. The fourth-order valence-electron chi connectivity index (χ4n) is 14.1. The molecule has 0 spiro atoms. The van der Waals surface area contributed by atoms with Crippen molar-refractivity contribution >= 4 is 66.4 Å². The summed E-state index contributed by atoms with van der Waals surface area (Å²) in [5.41, 5.74) is 23.2. The normalized spacial score (nSPS) is 11.4. The molecule has 0 aliphatic heterocycles. The Balaban J connectivity index is 0.944. The minimum Gasteiger partial charge on any atom is -0.309 e. The summed E-state index contributed by atoms with van der Waals surface area (Å²) < 4.78 is 18.9. The maximum atomic E-state index is 18.9. The first-order valence-corrected chi connectivity index (χ1v) is 31.5. The largest absolute Gasteiger partial charge is 0.309 e. The van der Waals surface area contributed by atoms with Crippen LogP contribution in [0.3, 0.4) is 0 Å². The second-order valence-electron chi connectivity index (χ2n) is 23.6. The summed E-state index contributed by atoms with van der Waals surface area (Å²) in [7, 11) is 0. The van der Waals surface area contributed by atoms with Crippen LogP contribution in [-0.2, 0) is 0 Å². The minimum absolute atomic E-state index is 0.340. The van der Waals surface area contributed by atoms with Gasteiger partial charge in [0.15, 0.2) is 0 Å². The van der Waals surface area contributed by atoms with E-state index in [-0.39, 0.29) is 5.82 Å². The summed E-state index contributed by atoms with van der Waals surface area (Å²) in [6.45, 7) is 2.27. The van der Waals surface area contributed by atoms with Crippen molar-refractivity contribution in [3.63, 3.8) is 0 Å². The SMILES string of the molecule is Cc1cc(-c2ccccc2-c2ccccc2)cc(-c2ccccc2-c2ccccc2)c1N(c1ccccc1)c1ccc2ccc3c(N(c4ccccc4)c4c(F)cc(-c5ccccc5-c5ccccc5)cc4-c4ccccc4-c4ccccc4)ccc4ccc1c2c43. The fourth-order valence-corrected chi connectivity index (χ4v) is 14.1. The first-order chi connectivity index (χ1) is 45.5. The van der Waals surface area contributed by atoms with E-state index in [9.17, 15) is 0 Å². The Labute approximate surface area is 536 Å². The lowest BCUT2D eigenvalue weighted by molar-refractivity contribution is 0.630. The highest BCUT2D eigenvalue weighted by Gasteiger charge is 2.29. The summed E-state index contributed by atoms with van der Waals surface area (Å²) in [6.07, 6.45) is 0. The van der Waals surface area contributed by atoms with Gasteiger partial charge >= 0.3 is 0 Å². The second kappa shape index (κ2) is 23.9. The average Bonchev–Trinajstić information content (AvgIpc) is 0.742. The van der Waals surface area contributed by atoms with Crippen molar-refractivity contribution in [2.75, 3.05) is 9.80 Å². The zero-order valence-corrected chi connectivity index (χ0v) is 50.8. The van der Waals surface area contributed by atoms with Crippen LogP contribution in [-0.4, -0.2) is 0 Å². The number of nitrogens with zero attached hydrogens (tertiary/aromatic N) is 2. The first-order valence-electron chi connectivity index (χ1n) is 31.5. The highest BCUT2D eigenvalue weighted by atomic mass is 19.1. The molecule has 0 amide bonds. The van der Waals surface area contributed by atoms with Crippen LogP contribution in [0.25, 0.3) is 121 Å². The standard InChI is InChI=1S/C89H61FN2/c1-60-56-67(75-44-22-20-40-71(75)61-28-8-2-9-29-61)57-81(77-46-26-24-42-73(77)63-32-12-4-13-33-63)88(60)91(69-36-16-6-17-37-69)84-54-50-65-49-53-80-85(55-51-66-48-52-79(84)86(65)87(66)80)92(70-38-18-7-19-39-70)89-82(78-47-27-25-43-74(78)64-34-14-5-15-35-64)58-68(59-83(89)90)76-45-23-21-41-72(76)62-30-10-3-11-31-62/h2-59H,1H3. The quantitative estimate of drug-likeness (QED) is 0.100. The molecule has 0 heterocycles. The van der Waals surface area contributed by atoms with Crippen molar-refractivity contribution in [1.29, 1.82) is 0 Å². The molecule has 0 unspecified atom stereocenters. The van der Waals surface area contributed by atoms with Crippen LogP contribution in [0.5, 0.6) is 0 Å². The Bertz CT molecular complexity index is 5000. The van der Waals surface area contributed by atoms with Gasteiger partial charge in [0, 0.05) is 33.3 Å². The highest BCUT2D eigenvalue weighted by molar-refractivity contribution is 6.28. The number of halogens is 1. The van der Waals surface area contributed by atoms with E-state index in [2.05, 4.69) is 326 Å². The Kier molecular flexibility index (Phi) is 14.4. The van der Waals surface area contributed by atoms with E-state index in [1.54, 1.807) is 6.07 Å². The second-order valence-corrected chi connectivity index (χ2v) is 23.6. The van der Waals surface area contributed by atoms with Crippen LogP contribution < -0.4 is 9.80 Å². The third-order valence-corrected chi connectivity index (χ3v) is 18.2. The van der Waals surface area contributed by atoms with Gasteiger partial charge in [0.1, 0.15) is 5.82 Å². The van der Waals surface area contributed by atoms with E-state index in [0.29, 0.717) is 5.69 Å². The minimum atomic E-state index is -0.340. The molecule has 0 aliphatic carbocycles. The van der Waals surface area contributed by atoms with E-state index in [1.807, 2.05) is 36.4 Å². The van der Waals surface area contributed by atoms with Crippen molar-refractivity contribution in [1.82, 2.24) is 0 Å². The molecule has 0 aliphatic rings. The van der Waals surface area contributed by atoms with Gasteiger partial charge in [0.2, 0.25) is 0 Å². The third-order valence-electron chi connectivity index (χ3n) is 18.2. The molecular weight excluding hydrogens is 1120 g/mol. The number of anilines is 6. The van der Waals surface area contributed by atoms with Crippen LogP contribution in [0, 0.1) is 12.7 Å². The van der Waals surface area contributed by atoms with Crippen LogP contribution in [0.2, 0.25) is 0 Å². The number of rotatable bonds is 14. The molecule has 0 fully saturated rings. The fraction of sp³-hybridized carbons (Fsp3) is 0.0112. The van der Waals surface area contributed by atoms with Crippen molar-refractivity contribution in [3.05, 3.63) is 363 Å². The van der Waals surface area contributed by atoms with Gasteiger partial charge in [-0.25, -0.2) is 4.39 Å². The number of aryl methyl sites for hydroxylation is 1. The van der Waals surface area contributed by atoms with E-state index in [1.165, 1.54) is 11.1 Å². The van der Waals surface area contributed by atoms with E-state index in [0.717, 1.165) is 144 Å². The molecule has 3 heteroatoms. The van der Waals surface area contributed by atoms with Gasteiger partial charge in [-0.3, -0.25) is 0 Å². The monoisotopic (exact) mass is 1180 g/mol. The summed E-state index contributed by atoms with van der Waals surface area (Å²) >= 11 is 0. The molecule has 0 saturated carbocycles. The molecule has 2 nitrogen and oxygen atoms in total. The van der Waals surface area contributed by atoms with Gasteiger partial charge in [0.05, 0.1) is 22.7 Å². The zero-order chi connectivity index (χ0) is 61.5. The van der Waals surface area contributed by atoms with Gasteiger partial charge in [0.25, 0.3) is 0 Å². The zero-order valence-electron chi connectivity index (χ0n) is 50.8. The Morgan fingerprint density at radius 3 is 0.891 bits per heavy atom. The van der Waals surface area contributed by atoms with Gasteiger partial charge in [-0.05, 0) is 173 Å². The van der Waals surface area contributed by atoms with Crippen LogP contribution in [0.4, 0.5) is 38.5 Å². The Morgan fingerprint density at radius 1 is 0.228 bits per heavy atom. The summed E-state index contributed by atoms with van der Waals surface area (Å²) in [5, 5.41) is 6.54. The number of benzene rings is 16. The predicted molar refractivity (Wildman–Crippen MR) is 388 cm³/mol. The molecule has 0 bridgehead atoms. The predicted octanol–water partition coefficient (Wildman–Crippen LogP) is 25.3. The number of para-hydroxylation sites is 2. The average molecular weight is 1180 g/mol. The van der Waals surface area contributed by atoms with Crippen molar-refractivity contribution in [2.45, 2.75) is 6.92 Å². The molecular formula is C89H61FN2. The Morgan fingerprint density at radius 2 is 0.511 bits per heavy atom.